The van der Waals surface area contributed by atoms with Crippen molar-refractivity contribution in [1.29, 1.82) is 0 Å². The summed E-state index contributed by atoms with van der Waals surface area (Å²) in [5.74, 6) is 0.119. The van der Waals surface area contributed by atoms with Gasteiger partial charge in [-0.05, 0) is 0 Å². The van der Waals surface area contributed by atoms with Gasteiger partial charge >= 0.3 is 123 Å². The second-order valence-electron chi connectivity index (χ2n) is 4.47. The first-order chi connectivity index (χ1) is 9.22. The minimum absolute atomic E-state index is 0.0595. The molecule has 0 unspecified atom stereocenters. The molecule has 0 radical (unpaired) electrons. The van der Waals surface area contributed by atoms with Crippen molar-refractivity contribution in [2.75, 3.05) is 0 Å². The first-order valence-electron chi connectivity index (χ1n) is 5.88. The van der Waals surface area contributed by atoms with Gasteiger partial charge in [-0.15, -0.1) is 0 Å². The maximum absolute atomic E-state index is 12.7. The molecule has 92 valence electrons. The molecule has 19 heavy (non-hydrogen) atoms. The number of rotatable bonds is 0. The van der Waals surface area contributed by atoms with Crippen LogP contribution in [0.2, 0.25) is 3.21 Å². The fraction of sp³-hybridized carbons (Fsp3) is 0.0667. The van der Waals surface area contributed by atoms with Crippen molar-refractivity contribution in [3.8, 4) is 0 Å². The molecule has 2 aromatic carbocycles. The van der Waals surface area contributed by atoms with Crippen LogP contribution in [0, 0.1) is 0 Å². The summed E-state index contributed by atoms with van der Waals surface area (Å²) in [6, 6.07) is 15.4. The zero-order valence-electron chi connectivity index (χ0n) is 9.75. The van der Waals surface area contributed by atoms with Crippen molar-refractivity contribution in [3.63, 3.8) is 0 Å². The van der Waals surface area contributed by atoms with Crippen molar-refractivity contribution in [2.45, 2.75) is 3.21 Å². The van der Waals surface area contributed by atoms with E-state index in [1.165, 1.54) is 8.92 Å². The molecule has 2 aromatic rings. The van der Waals surface area contributed by atoms with Gasteiger partial charge < -0.3 is 0 Å². The van der Waals surface area contributed by atoms with Crippen LogP contribution < -0.4 is 8.92 Å². The summed E-state index contributed by atoms with van der Waals surface area (Å²) in [5.41, 5.74) is 1.26. The van der Waals surface area contributed by atoms with Crippen molar-refractivity contribution in [1.82, 2.24) is 0 Å². The van der Waals surface area contributed by atoms with Crippen molar-refractivity contribution >= 4 is 50.4 Å². The summed E-state index contributed by atoms with van der Waals surface area (Å²) in [5, 5.41) is 0. The molecule has 1 aliphatic carbocycles. The summed E-state index contributed by atoms with van der Waals surface area (Å²) in [7, 11) is 0. The van der Waals surface area contributed by atoms with Gasteiger partial charge in [0.05, 0.1) is 0 Å². The molecule has 2 nitrogen and oxygen atoms in total. The van der Waals surface area contributed by atoms with E-state index in [1.807, 2.05) is 24.3 Å². The van der Waals surface area contributed by atoms with E-state index < -0.39 is 3.21 Å². The zero-order chi connectivity index (χ0) is 13.0. The molecule has 0 atom stereocenters. The van der Waals surface area contributed by atoms with Crippen LogP contribution in [0.25, 0.3) is 0 Å². The summed E-state index contributed by atoms with van der Waals surface area (Å²) in [6.07, 6.45) is 0. The van der Waals surface area contributed by atoms with Gasteiger partial charge in [0.2, 0.25) is 0 Å². The third kappa shape index (κ3) is 1.43. The standard InChI is InChI=1S/C15H8O2Se2/c16-13-9-5-1-2-6-10(9)14(17)15(13)18-11-7-3-4-8-12(11)19-15/h1-8H. The zero-order valence-corrected chi connectivity index (χ0v) is 13.2. The Bertz CT molecular complexity index is 674. The summed E-state index contributed by atoms with van der Waals surface area (Å²) < 4.78 is 1.72. The molecular formula is C15H8O2Se2. The monoisotopic (exact) mass is 380 g/mol. The van der Waals surface area contributed by atoms with Crippen LogP contribution >= 0.6 is 0 Å². The summed E-state index contributed by atoms with van der Waals surface area (Å²) >= 11 is -0.145. The third-order valence-electron chi connectivity index (χ3n) is 3.37. The molecule has 0 aromatic heterocycles. The molecule has 0 fully saturated rings. The molecule has 0 bridgehead atoms. The van der Waals surface area contributed by atoms with Crippen LogP contribution in [0.3, 0.4) is 0 Å². The molecule has 2 aliphatic rings. The van der Waals surface area contributed by atoms with Crippen LogP contribution in [0.5, 0.6) is 0 Å². The van der Waals surface area contributed by atoms with Gasteiger partial charge in [-0.25, -0.2) is 0 Å². The Morgan fingerprint density at radius 1 is 0.684 bits per heavy atom. The molecule has 0 saturated heterocycles. The second kappa shape index (κ2) is 3.91. The average molecular weight is 378 g/mol. The number of carbonyl (C=O) groups excluding carboxylic acids is 2. The van der Waals surface area contributed by atoms with Crippen LogP contribution in [0.1, 0.15) is 20.7 Å². The van der Waals surface area contributed by atoms with Gasteiger partial charge in [-0.1, -0.05) is 0 Å². The predicted octanol–water partition coefficient (Wildman–Crippen LogP) is 0.555. The molecule has 0 amide bonds. The predicted molar refractivity (Wildman–Crippen MR) is 75.0 cm³/mol. The Hall–Kier alpha value is -1.18. The molecular weight excluding hydrogens is 370 g/mol. The van der Waals surface area contributed by atoms with Crippen LogP contribution in [-0.2, 0) is 0 Å². The Labute approximate surface area is 122 Å². The number of carbonyl (C=O) groups is 2. The Balaban J connectivity index is 1.89. The van der Waals surface area contributed by atoms with Gasteiger partial charge in [0.15, 0.2) is 0 Å². The van der Waals surface area contributed by atoms with Gasteiger partial charge in [-0.2, -0.15) is 0 Å². The number of fused-ring (bicyclic) bond motifs is 2. The van der Waals surface area contributed by atoms with Crippen LogP contribution in [0.15, 0.2) is 48.5 Å². The fourth-order valence-electron chi connectivity index (χ4n) is 2.47. The van der Waals surface area contributed by atoms with Crippen LogP contribution in [0.4, 0.5) is 0 Å². The van der Waals surface area contributed by atoms with E-state index in [0.717, 1.165) is 0 Å². The normalized spacial score (nSPS) is 18.7. The summed E-state index contributed by atoms with van der Waals surface area (Å²) in [4.78, 5) is 25.4. The number of benzene rings is 2. The quantitative estimate of drug-likeness (QED) is 0.496. The third-order valence-corrected chi connectivity index (χ3v) is 11.0. The molecule has 1 spiro atoms. The van der Waals surface area contributed by atoms with E-state index in [0.29, 0.717) is 11.1 Å². The first-order valence-corrected chi connectivity index (χ1v) is 9.31. The van der Waals surface area contributed by atoms with Gasteiger partial charge in [0.1, 0.15) is 0 Å². The number of hydrogen-bond donors (Lipinski definition) is 0. The van der Waals surface area contributed by atoms with Crippen molar-refractivity contribution in [3.05, 3.63) is 59.7 Å². The van der Waals surface area contributed by atoms with E-state index in [-0.39, 0.29) is 41.5 Å². The Kier molecular flexibility index (Phi) is 2.39. The van der Waals surface area contributed by atoms with Gasteiger partial charge in [0, 0.05) is 0 Å². The minimum atomic E-state index is -0.729. The van der Waals surface area contributed by atoms with E-state index in [1.54, 1.807) is 12.1 Å². The number of Topliss-reactive ketones (excluding diaryl/α,β-unsaturated/α-hetero) is 2. The van der Waals surface area contributed by atoms with Gasteiger partial charge in [0.25, 0.3) is 0 Å². The summed E-state index contributed by atoms with van der Waals surface area (Å²) in [6.45, 7) is 0. The molecule has 0 saturated carbocycles. The van der Waals surface area contributed by atoms with Crippen molar-refractivity contribution in [2.24, 2.45) is 0 Å². The van der Waals surface area contributed by atoms with E-state index in [4.69, 9.17) is 0 Å². The molecule has 1 aliphatic heterocycles. The SMILES string of the molecule is O=C1c2ccccc2C(=O)C12[Se]c1ccccc1[Se]2. The molecule has 4 heteroatoms. The topological polar surface area (TPSA) is 34.1 Å². The Morgan fingerprint density at radius 3 is 1.58 bits per heavy atom. The first kappa shape index (κ1) is 11.6. The number of ketones is 2. The number of hydrogen-bond acceptors (Lipinski definition) is 2. The fourth-order valence-corrected chi connectivity index (χ4v) is 10.2. The van der Waals surface area contributed by atoms with Gasteiger partial charge in [-0.3, -0.25) is 0 Å². The van der Waals surface area contributed by atoms with E-state index in [9.17, 15) is 9.59 Å². The van der Waals surface area contributed by atoms with Crippen molar-refractivity contribution < 1.29 is 9.59 Å². The second-order valence-corrected chi connectivity index (χ2v) is 11.1. The van der Waals surface area contributed by atoms with E-state index in [2.05, 4.69) is 12.1 Å². The maximum atomic E-state index is 12.7. The van der Waals surface area contributed by atoms with E-state index >= 15 is 0 Å². The molecule has 4 rings (SSSR count). The average Bonchev–Trinajstić information content (AvgIpc) is 2.93. The molecule has 1 heterocycles. The Morgan fingerprint density at radius 2 is 1.11 bits per heavy atom. The molecule has 0 N–H and O–H groups in total. The van der Waals surface area contributed by atoms with Crippen LogP contribution in [-0.4, -0.2) is 41.5 Å².